The maximum Gasteiger partial charge on any atom is 0.0719 e. The summed E-state index contributed by atoms with van der Waals surface area (Å²) < 4.78 is 1.31. The van der Waals surface area contributed by atoms with Crippen LogP contribution in [0.15, 0.2) is 48.5 Å². The molecule has 0 fully saturated rings. The highest BCUT2D eigenvalue weighted by atomic mass is 35.5. The number of alkyl halides is 1. The molecule has 0 nitrogen and oxygen atoms in total. The third-order valence-electron chi connectivity index (χ3n) is 3.66. The summed E-state index contributed by atoms with van der Waals surface area (Å²) in [5, 5.41) is 1.34. The molecule has 0 radical (unpaired) electrons. The quantitative estimate of drug-likeness (QED) is 0.517. The molecule has 0 aliphatic rings. The Balaban J connectivity index is 1.88. The maximum absolute atomic E-state index is 6.65. The van der Waals surface area contributed by atoms with Gasteiger partial charge in [0.2, 0.25) is 0 Å². The molecule has 0 amide bonds. The summed E-state index contributed by atoms with van der Waals surface area (Å²) in [6, 6.07) is 17.3. The molecule has 1 heterocycles. The number of hydrogen-bond donors (Lipinski definition) is 0. The SMILES string of the molecule is Cc1ccc(C)c(CC(Cl)c2cc3ccccc3s2)c1. The minimum Gasteiger partial charge on any atom is -0.139 e. The Morgan fingerprint density at radius 1 is 1.05 bits per heavy atom. The van der Waals surface area contributed by atoms with Gasteiger partial charge in [-0.15, -0.1) is 22.9 Å². The molecular formula is C18H17ClS. The average Bonchev–Trinajstić information content (AvgIpc) is 2.87. The van der Waals surface area contributed by atoms with E-state index in [1.54, 1.807) is 11.3 Å². The molecule has 0 spiro atoms. The molecule has 0 aliphatic carbocycles. The van der Waals surface area contributed by atoms with Crippen molar-refractivity contribution >= 4 is 33.0 Å². The fraction of sp³-hybridized carbons (Fsp3) is 0.222. The zero-order valence-corrected chi connectivity index (χ0v) is 13.3. The lowest BCUT2D eigenvalue weighted by Crippen LogP contribution is -1.96. The van der Waals surface area contributed by atoms with Crippen LogP contribution in [-0.2, 0) is 6.42 Å². The first-order valence-corrected chi connectivity index (χ1v) is 8.07. The number of hydrogen-bond acceptors (Lipinski definition) is 1. The number of fused-ring (bicyclic) bond motifs is 1. The first kappa shape index (κ1) is 13.7. The van der Waals surface area contributed by atoms with Crippen LogP contribution in [0.5, 0.6) is 0 Å². The van der Waals surface area contributed by atoms with Gasteiger partial charge in [0, 0.05) is 9.58 Å². The molecule has 3 aromatic rings. The van der Waals surface area contributed by atoms with Crippen LogP contribution in [0.1, 0.15) is 26.9 Å². The van der Waals surface area contributed by atoms with E-state index in [9.17, 15) is 0 Å². The van der Waals surface area contributed by atoms with Crippen LogP contribution >= 0.6 is 22.9 Å². The normalized spacial score (nSPS) is 12.8. The van der Waals surface area contributed by atoms with E-state index in [1.807, 2.05) is 0 Å². The molecule has 1 unspecified atom stereocenters. The Hall–Kier alpha value is -1.31. The smallest absolute Gasteiger partial charge is 0.0719 e. The summed E-state index contributed by atoms with van der Waals surface area (Å²) in [7, 11) is 0. The molecule has 0 saturated carbocycles. The maximum atomic E-state index is 6.65. The summed E-state index contributed by atoms with van der Waals surface area (Å²) in [5.74, 6) is 0. The highest BCUT2D eigenvalue weighted by Gasteiger charge is 2.13. The van der Waals surface area contributed by atoms with Crippen LogP contribution in [-0.4, -0.2) is 0 Å². The molecule has 0 bridgehead atoms. The fourth-order valence-corrected chi connectivity index (χ4v) is 3.88. The first-order valence-electron chi connectivity index (χ1n) is 6.82. The second-order valence-electron chi connectivity index (χ2n) is 5.29. The summed E-state index contributed by atoms with van der Waals surface area (Å²) in [5.41, 5.74) is 3.97. The van der Waals surface area contributed by atoms with Gasteiger partial charge in [0.1, 0.15) is 0 Å². The molecule has 20 heavy (non-hydrogen) atoms. The van der Waals surface area contributed by atoms with Crippen molar-refractivity contribution in [3.8, 4) is 0 Å². The monoisotopic (exact) mass is 300 g/mol. The summed E-state index contributed by atoms with van der Waals surface area (Å²) in [6.07, 6.45) is 0.891. The highest BCUT2D eigenvalue weighted by Crippen LogP contribution is 2.35. The molecule has 0 N–H and O–H groups in total. The van der Waals surface area contributed by atoms with Crippen LogP contribution in [0.2, 0.25) is 0 Å². The van der Waals surface area contributed by atoms with Gasteiger partial charge in [0.25, 0.3) is 0 Å². The standard InChI is InChI=1S/C18H17ClS/c1-12-7-8-13(2)15(9-12)10-16(19)18-11-14-5-3-4-6-17(14)20-18/h3-9,11,16H,10H2,1-2H3. The topological polar surface area (TPSA) is 0 Å². The molecule has 1 atom stereocenters. The second-order valence-corrected chi connectivity index (χ2v) is 6.93. The van der Waals surface area contributed by atoms with Gasteiger partial charge >= 0.3 is 0 Å². The molecule has 2 heteroatoms. The van der Waals surface area contributed by atoms with Crippen molar-refractivity contribution in [3.05, 3.63) is 70.1 Å². The Labute approximate surface area is 129 Å². The Morgan fingerprint density at radius 3 is 2.65 bits per heavy atom. The van der Waals surface area contributed by atoms with E-state index in [1.165, 1.54) is 31.7 Å². The molecular weight excluding hydrogens is 284 g/mol. The first-order chi connectivity index (χ1) is 9.63. The molecule has 0 aliphatic heterocycles. The molecule has 102 valence electrons. The van der Waals surface area contributed by atoms with E-state index < -0.39 is 0 Å². The van der Waals surface area contributed by atoms with Gasteiger partial charge in [-0.2, -0.15) is 0 Å². The van der Waals surface area contributed by atoms with Gasteiger partial charge in [-0.1, -0.05) is 42.0 Å². The van der Waals surface area contributed by atoms with Crippen molar-refractivity contribution in [1.82, 2.24) is 0 Å². The Kier molecular flexibility index (Phi) is 3.82. The molecule has 3 rings (SSSR count). The highest BCUT2D eigenvalue weighted by molar-refractivity contribution is 7.19. The van der Waals surface area contributed by atoms with Crippen LogP contribution in [0.3, 0.4) is 0 Å². The summed E-state index contributed by atoms with van der Waals surface area (Å²) >= 11 is 8.45. The molecule has 2 aromatic carbocycles. The van der Waals surface area contributed by atoms with Crippen LogP contribution < -0.4 is 0 Å². The number of rotatable bonds is 3. The predicted octanol–water partition coefficient (Wildman–Crippen LogP) is 6.04. The van der Waals surface area contributed by atoms with Crippen molar-refractivity contribution in [3.63, 3.8) is 0 Å². The van der Waals surface area contributed by atoms with E-state index in [-0.39, 0.29) is 5.38 Å². The Morgan fingerprint density at radius 2 is 1.85 bits per heavy atom. The van der Waals surface area contributed by atoms with Crippen molar-refractivity contribution in [2.24, 2.45) is 0 Å². The van der Waals surface area contributed by atoms with E-state index in [2.05, 4.69) is 62.4 Å². The van der Waals surface area contributed by atoms with Gasteiger partial charge in [-0.25, -0.2) is 0 Å². The number of benzene rings is 2. The fourth-order valence-electron chi connectivity index (χ4n) is 2.47. The van der Waals surface area contributed by atoms with Crippen LogP contribution in [0.25, 0.3) is 10.1 Å². The zero-order valence-electron chi connectivity index (χ0n) is 11.7. The number of thiophene rings is 1. The predicted molar refractivity (Wildman–Crippen MR) is 90.0 cm³/mol. The van der Waals surface area contributed by atoms with Crippen LogP contribution in [0, 0.1) is 13.8 Å². The Bertz CT molecular complexity index is 709. The van der Waals surface area contributed by atoms with E-state index in [4.69, 9.17) is 11.6 Å². The van der Waals surface area contributed by atoms with Gasteiger partial charge in [0.15, 0.2) is 0 Å². The average molecular weight is 301 g/mol. The minimum atomic E-state index is 0.0490. The van der Waals surface area contributed by atoms with Gasteiger partial charge < -0.3 is 0 Å². The number of aryl methyl sites for hydroxylation is 2. The van der Waals surface area contributed by atoms with Crippen LogP contribution in [0.4, 0.5) is 0 Å². The van der Waals surface area contributed by atoms with Crippen molar-refractivity contribution in [1.29, 1.82) is 0 Å². The van der Waals surface area contributed by atoms with E-state index >= 15 is 0 Å². The van der Waals surface area contributed by atoms with E-state index in [0.29, 0.717) is 0 Å². The van der Waals surface area contributed by atoms with Crippen molar-refractivity contribution < 1.29 is 0 Å². The van der Waals surface area contributed by atoms with E-state index in [0.717, 1.165) is 6.42 Å². The van der Waals surface area contributed by atoms with Gasteiger partial charge in [0.05, 0.1) is 5.38 Å². The summed E-state index contributed by atoms with van der Waals surface area (Å²) in [4.78, 5) is 1.26. The lowest BCUT2D eigenvalue weighted by atomic mass is 10.0. The van der Waals surface area contributed by atoms with Gasteiger partial charge in [-0.3, -0.25) is 0 Å². The lowest BCUT2D eigenvalue weighted by Gasteiger charge is -2.11. The third-order valence-corrected chi connectivity index (χ3v) is 5.41. The largest absolute Gasteiger partial charge is 0.139 e. The van der Waals surface area contributed by atoms with Crippen molar-refractivity contribution in [2.45, 2.75) is 25.6 Å². The molecule has 0 saturated heterocycles. The molecule has 1 aromatic heterocycles. The third kappa shape index (κ3) is 2.74. The zero-order chi connectivity index (χ0) is 14.1. The minimum absolute atomic E-state index is 0.0490. The van der Waals surface area contributed by atoms with Gasteiger partial charge in [-0.05, 0) is 48.9 Å². The lowest BCUT2D eigenvalue weighted by molar-refractivity contribution is 0.928. The van der Waals surface area contributed by atoms with Crippen molar-refractivity contribution in [2.75, 3.05) is 0 Å². The second kappa shape index (κ2) is 5.59. The summed E-state index contributed by atoms with van der Waals surface area (Å²) in [6.45, 7) is 4.29. The number of halogens is 1.